The zero-order chi connectivity index (χ0) is 11.0. The second-order valence-corrected chi connectivity index (χ2v) is 5.70. The van der Waals surface area contributed by atoms with Gasteiger partial charge in [0.15, 0.2) is 15.8 Å². The average Bonchev–Trinajstić information content (AvgIpc) is 2.97. The van der Waals surface area contributed by atoms with Crippen LogP contribution in [0.4, 0.5) is 5.82 Å². The van der Waals surface area contributed by atoms with Crippen molar-refractivity contribution in [1.29, 1.82) is 0 Å². The van der Waals surface area contributed by atoms with Crippen molar-refractivity contribution >= 4 is 39.3 Å². The van der Waals surface area contributed by atoms with Crippen LogP contribution in [-0.2, 0) is 0 Å². The molecule has 2 aromatic heterocycles. The molecule has 0 radical (unpaired) electrons. The fourth-order valence-electron chi connectivity index (χ4n) is 1.88. The molecule has 2 aromatic rings. The van der Waals surface area contributed by atoms with Crippen LogP contribution in [-0.4, -0.2) is 39.7 Å². The van der Waals surface area contributed by atoms with Gasteiger partial charge in [0.2, 0.25) is 0 Å². The summed E-state index contributed by atoms with van der Waals surface area (Å²) in [5.41, 5.74) is 0.728. The van der Waals surface area contributed by atoms with E-state index in [-0.39, 0.29) is 0 Å². The lowest BCUT2D eigenvalue weighted by Crippen LogP contribution is -2.19. The van der Waals surface area contributed by atoms with Crippen LogP contribution >= 0.6 is 23.1 Å². The molecule has 1 saturated heterocycles. The van der Waals surface area contributed by atoms with Crippen molar-refractivity contribution in [3.8, 4) is 0 Å². The van der Waals surface area contributed by atoms with Crippen molar-refractivity contribution in [2.45, 2.75) is 17.2 Å². The summed E-state index contributed by atoms with van der Waals surface area (Å²) in [7, 11) is 0. The van der Waals surface area contributed by atoms with E-state index in [0.29, 0.717) is 0 Å². The molecule has 0 bridgehead atoms. The van der Waals surface area contributed by atoms with E-state index in [1.54, 1.807) is 23.1 Å². The lowest BCUT2D eigenvalue weighted by molar-refractivity contribution is 0.841. The number of nitrogens with zero attached hydrogens (tertiary/aromatic N) is 5. The van der Waals surface area contributed by atoms with Gasteiger partial charge in [0.25, 0.3) is 0 Å². The highest BCUT2D eigenvalue weighted by molar-refractivity contribution is 8.00. The molecule has 0 atom stereocenters. The lowest BCUT2D eigenvalue weighted by Gasteiger charge is -2.14. The van der Waals surface area contributed by atoms with Gasteiger partial charge in [-0.05, 0) is 24.3 Å². The Balaban J connectivity index is 2.12. The van der Waals surface area contributed by atoms with E-state index in [1.165, 1.54) is 12.8 Å². The van der Waals surface area contributed by atoms with Gasteiger partial charge >= 0.3 is 0 Å². The Bertz CT molecular complexity index is 506. The molecule has 0 aromatic carbocycles. The van der Waals surface area contributed by atoms with Crippen molar-refractivity contribution in [1.82, 2.24) is 20.4 Å². The van der Waals surface area contributed by atoms with E-state index in [4.69, 9.17) is 0 Å². The van der Waals surface area contributed by atoms with Crippen LogP contribution in [0.15, 0.2) is 4.34 Å². The van der Waals surface area contributed by atoms with Crippen LogP contribution in [0.5, 0.6) is 0 Å². The summed E-state index contributed by atoms with van der Waals surface area (Å²) in [6, 6.07) is 0. The molecular weight excluding hydrogens is 242 g/mol. The molecule has 0 aliphatic carbocycles. The second-order valence-electron chi connectivity index (χ2n) is 3.64. The molecule has 7 heteroatoms. The van der Waals surface area contributed by atoms with Crippen LogP contribution < -0.4 is 4.90 Å². The number of anilines is 1. The quantitative estimate of drug-likeness (QED) is 0.761. The monoisotopic (exact) mass is 253 g/mol. The van der Waals surface area contributed by atoms with Crippen LogP contribution in [0.2, 0.25) is 0 Å². The maximum absolute atomic E-state index is 4.40. The molecular formula is C9H11N5S2. The first-order valence-electron chi connectivity index (χ1n) is 5.17. The van der Waals surface area contributed by atoms with Crippen LogP contribution in [0.25, 0.3) is 10.3 Å². The minimum absolute atomic E-state index is 0.728. The standard InChI is InChI=1S/C9H11N5S2/c1-15-9-10-7-6(16-9)8(12-13-11-7)14-4-2-3-5-14/h2-5H2,1H3. The molecule has 5 nitrogen and oxygen atoms in total. The van der Waals surface area contributed by atoms with Gasteiger partial charge in [0, 0.05) is 13.1 Å². The zero-order valence-electron chi connectivity index (χ0n) is 8.88. The predicted molar refractivity (Wildman–Crippen MR) is 66.2 cm³/mol. The Morgan fingerprint density at radius 1 is 1.25 bits per heavy atom. The molecule has 3 rings (SSSR count). The number of thiazole rings is 1. The predicted octanol–water partition coefficient (Wildman–Crippen LogP) is 1.80. The second kappa shape index (κ2) is 4.14. The Morgan fingerprint density at radius 2 is 2.06 bits per heavy atom. The van der Waals surface area contributed by atoms with Gasteiger partial charge in [-0.1, -0.05) is 11.8 Å². The first-order chi connectivity index (χ1) is 7.88. The van der Waals surface area contributed by atoms with E-state index >= 15 is 0 Å². The summed E-state index contributed by atoms with van der Waals surface area (Å²) < 4.78 is 2.10. The summed E-state index contributed by atoms with van der Waals surface area (Å²) in [6.07, 6.45) is 4.49. The van der Waals surface area contributed by atoms with Gasteiger partial charge in [-0.3, -0.25) is 0 Å². The van der Waals surface area contributed by atoms with Gasteiger partial charge < -0.3 is 4.90 Å². The number of hydrogen-bond acceptors (Lipinski definition) is 7. The van der Waals surface area contributed by atoms with Crippen molar-refractivity contribution < 1.29 is 0 Å². The summed E-state index contributed by atoms with van der Waals surface area (Å²) >= 11 is 3.30. The molecule has 0 amide bonds. The van der Waals surface area contributed by atoms with Crippen LogP contribution in [0.1, 0.15) is 12.8 Å². The topological polar surface area (TPSA) is 54.8 Å². The summed E-state index contributed by atoms with van der Waals surface area (Å²) in [5.74, 6) is 0.959. The molecule has 1 aliphatic heterocycles. The highest BCUT2D eigenvalue weighted by atomic mass is 32.2. The number of thioether (sulfide) groups is 1. The molecule has 3 heterocycles. The molecule has 16 heavy (non-hydrogen) atoms. The Hall–Kier alpha value is -0.950. The first kappa shape index (κ1) is 10.2. The van der Waals surface area contributed by atoms with E-state index in [0.717, 1.165) is 33.6 Å². The van der Waals surface area contributed by atoms with Gasteiger partial charge in [0.1, 0.15) is 4.70 Å². The van der Waals surface area contributed by atoms with E-state index in [9.17, 15) is 0 Å². The summed E-state index contributed by atoms with van der Waals surface area (Å²) in [4.78, 5) is 6.68. The van der Waals surface area contributed by atoms with Gasteiger partial charge in [0.05, 0.1) is 0 Å². The van der Waals surface area contributed by atoms with E-state index in [1.807, 2.05) is 6.26 Å². The van der Waals surface area contributed by atoms with Crippen molar-refractivity contribution in [3.63, 3.8) is 0 Å². The lowest BCUT2D eigenvalue weighted by atomic mass is 10.4. The van der Waals surface area contributed by atoms with Crippen LogP contribution in [0, 0.1) is 0 Å². The minimum atomic E-state index is 0.728. The van der Waals surface area contributed by atoms with Crippen molar-refractivity contribution in [2.24, 2.45) is 0 Å². The Labute approximate surface area is 101 Å². The summed E-state index contributed by atoms with van der Waals surface area (Å²) in [5, 5.41) is 11.9. The van der Waals surface area contributed by atoms with Gasteiger partial charge in [-0.25, -0.2) is 4.98 Å². The molecule has 0 unspecified atom stereocenters. The Kier molecular flexibility index (Phi) is 2.64. The fraction of sp³-hybridized carbons (Fsp3) is 0.556. The van der Waals surface area contributed by atoms with Crippen molar-refractivity contribution in [3.05, 3.63) is 0 Å². The highest BCUT2D eigenvalue weighted by Crippen LogP contribution is 2.33. The average molecular weight is 253 g/mol. The van der Waals surface area contributed by atoms with Gasteiger partial charge in [-0.15, -0.1) is 21.5 Å². The first-order valence-corrected chi connectivity index (χ1v) is 7.21. The molecule has 0 N–H and O–H groups in total. The third-order valence-corrected chi connectivity index (χ3v) is 4.68. The molecule has 84 valence electrons. The number of aromatic nitrogens is 4. The minimum Gasteiger partial charge on any atom is -0.354 e. The smallest absolute Gasteiger partial charge is 0.199 e. The van der Waals surface area contributed by atoms with E-state index in [2.05, 4.69) is 25.3 Å². The van der Waals surface area contributed by atoms with Crippen LogP contribution in [0.3, 0.4) is 0 Å². The SMILES string of the molecule is CSc1nc2nnnc(N3CCCC3)c2s1. The molecule has 1 aliphatic rings. The highest BCUT2D eigenvalue weighted by Gasteiger charge is 2.19. The maximum Gasteiger partial charge on any atom is 0.199 e. The van der Waals surface area contributed by atoms with E-state index < -0.39 is 0 Å². The third-order valence-electron chi connectivity index (χ3n) is 2.65. The maximum atomic E-state index is 4.40. The number of fused-ring (bicyclic) bond motifs is 1. The molecule has 1 fully saturated rings. The fourth-order valence-corrected chi connectivity index (χ4v) is 3.39. The largest absolute Gasteiger partial charge is 0.354 e. The third kappa shape index (κ3) is 1.63. The molecule has 0 spiro atoms. The Morgan fingerprint density at radius 3 is 2.81 bits per heavy atom. The van der Waals surface area contributed by atoms with Crippen molar-refractivity contribution in [2.75, 3.05) is 24.2 Å². The zero-order valence-corrected chi connectivity index (χ0v) is 10.5. The number of rotatable bonds is 2. The normalized spacial score (nSPS) is 16.2. The molecule has 0 saturated carbocycles. The summed E-state index contributed by atoms with van der Waals surface area (Å²) in [6.45, 7) is 2.14. The number of hydrogen-bond donors (Lipinski definition) is 0. The van der Waals surface area contributed by atoms with Gasteiger partial charge in [-0.2, -0.15) is 0 Å².